The molecule has 4 nitrogen and oxygen atoms in total. The monoisotopic (exact) mass is 274 g/mol. The Morgan fingerprint density at radius 1 is 1.20 bits per heavy atom. The molecule has 5 heteroatoms. The number of rotatable bonds is 4. The third-order valence-corrected chi connectivity index (χ3v) is 2.85. The van der Waals surface area contributed by atoms with E-state index in [0.29, 0.717) is 5.56 Å². The van der Waals surface area contributed by atoms with E-state index in [4.69, 9.17) is 16.2 Å². The van der Waals surface area contributed by atoms with Crippen molar-refractivity contribution >= 4 is 5.91 Å². The molecule has 0 aliphatic heterocycles. The molecule has 0 saturated carbocycles. The van der Waals surface area contributed by atoms with Crippen LogP contribution in [-0.4, -0.2) is 5.91 Å². The van der Waals surface area contributed by atoms with Crippen LogP contribution in [0.4, 0.5) is 4.39 Å². The van der Waals surface area contributed by atoms with Crippen LogP contribution in [0.3, 0.4) is 0 Å². The number of primary amides is 1. The zero-order valence-corrected chi connectivity index (χ0v) is 11.0. The van der Waals surface area contributed by atoms with Gasteiger partial charge in [-0.05, 0) is 36.8 Å². The number of carbonyl (C=O) groups is 1. The third-order valence-electron chi connectivity index (χ3n) is 2.85. The second-order valence-electron chi connectivity index (χ2n) is 4.44. The summed E-state index contributed by atoms with van der Waals surface area (Å²) in [6.07, 6.45) is 0. The molecule has 4 N–H and O–H groups in total. The van der Waals surface area contributed by atoms with Crippen LogP contribution in [0.15, 0.2) is 42.5 Å². The van der Waals surface area contributed by atoms with Crippen molar-refractivity contribution in [3.05, 3.63) is 59.4 Å². The number of carbonyl (C=O) groups excluding carboxylic acids is 1. The van der Waals surface area contributed by atoms with Crippen LogP contribution in [0, 0.1) is 5.82 Å². The predicted molar refractivity (Wildman–Crippen MR) is 74.0 cm³/mol. The average Bonchev–Trinajstić information content (AvgIpc) is 2.41. The smallest absolute Gasteiger partial charge is 0.252 e. The van der Waals surface area contributed by atoms with E-state index in [0.717, 1.165) is 0 Å². The Balaban J connectivity index is 2.33. The number of hydrogen-bond acceptors (Lipinski definition) is 3. The number of ether oxygens (including phenoxy) is 1. The van der Waals surface area contributed by atoms with Crippen molar-refractivity contribution in [2.45, 2.75) is 13.0 Å². The van der Waals surface area contributed by atoms with Crippen molar-refractivity contribution in [2.24, 2.45) is 11.5 Å². The Morgan fingerprint density at radius 3 is 2.50 bits per heavy atom. The lowest BCUT2D eigenvalue weighted by atomic mass is 10.1. The minimum Gasteiger partial charge on any atom is -0.453 e. The van der Waals surface area contributed by atoms with E-state index in [9.17, 15) is 9.18 Å². The Morgan fingerprint density at radius 2 is 1.90 bits per heavy atom. The second kappa shape index (κ2) is 5.71. The van der Waals surface area contributed by atoms with Crippen LogP contribution in [0.5, 0.6) is 11.5 Å². The number of hydrogen-bond donors (Lipinski definition) is 2. The number of halogens is 1. The maximum Gasteiger partial charge on any atom is 0.252 e. The van der Waals surface area contributed by atoms with Gasteiger partial charge < -0.3 is 16.2 Å². The largest absolute Gasteiger partial charge is 0.453 e. The first-order chi connectivity index (χ1) is 9.49. The quantitative estimate of drug-likeness (QED) is 0.899. The molecule has 0 saturated heterocycles. The Hall–Kier alpha value is -2.40. The van der Waals surface area contributed by atoms with Crippen LogP contribution in [0.25, 0.3) is 0 Å². The van der Waals surface area contributed by atoms with Crippen LogP contribution < -0.4 is 16.2 Å². The molecule has 0 radical (unpaired) electrons. The van der Waals surface area contributed by atoms with E-state index < -0.39 is 11.7 Å². The van der Waals surface area contributed by atoms with Crippen molar-refractivity contribution in [3.63, 3.8) is 0 Å². The molecule has 2 aromatic rings. The van der Waals surface area contributed by atoms with Gasteiger partial charge >= 0.3 is 0 Å². The number of benzene rings is 2. The van der Waals surface area contributed by atoms with E-state index in [-0.39, 0.29) is 23.1 Å². The highest BCUT2D eigenvalue weighted by Crippen LogP contribution is 2.28. The molecule has 2 rings (SSSR count). The summed E-state index contributed by atoms with van der Waals surface area (Å²) in [7, 11) is 0. The van der Waals surface area contributed by atoms with Crippen molar-refractivity contribution in [1.82, 2.24) is 0 Å². The van der Waals surface area contributed by atoms with Gasteiger partial charge in [0.1, 0.15) is 5.75 Å². The van der Waals surface area contributed by atoms with Gasteiger partial charge in [0.15, 0.2) is 11.6 Å². The van der Waals surface area contributed by atoms with E-state index in [2.05, 4.69) is 0 Å². The van der Waals surface area contributed by atoms with Crippen LogP contribution in [-0.2, 0) is 0 Å². The van der Waals surface area contributed by atoms with E-state index in [1.165, 1.54) is 18.2 Å². The summed E-state index contributed by atoms with van der Waals surface area (Å²) in [6.45, 7) is 1.76. The molecule has 1 amide bonds. The number of nitrogens with two attached hydrogens (primary N) is 2. The van der Waals surface area contributed by atoms with Crippen LogP contribution in [0.2, 0.25) is 0 Å². The highest BCUT2D eigenvalue weighted by atomic mass is 19.1. The zero-order valence-electron chi connectivity index (χ0n) is 11.0. The summed E-state index contributed by atoms with van der Waals surface area (Å²) >= 11 is 0. The van der Waals surface area contributed by atoms with Crippen molar-refractivity contribution in [1.29, 1.82) is 0 Å². The molecule has 20 heavy (non-hydrogen) atoms. The van der Waals surface area contributed by atoms with Gasteiger partial charge in [-0.15, -0.1) is 0 Å². The maximum atomic E-state index is 13.9. The zero-order chi connectivity index (χ0) is 14.7. The molecule has 0 aromatic heterocycles. The van der Waals surface area contributed by atoms with Gasteiger partial charge in [-0.3, -0.25) is 4.79 Å². The standard InChI is InChI=1S/C15H15FN2O2/c1-9(17)10-6-7-14(12(16)8-10)20-13-5-3-2-4-11(13)15(18)19/h2-9H,17H2,1H3,(H2,18,19). The lowest BCUT2D eigenvalue weighted by Gasteiger charge is -2.11. The molecule has 1 atom stereocenters. The fraction of sp³-hybridized carbons (Fsp3) is 0.133. The average molecular weight is 274 g/mol. The normalized spacial score (nSPS) is 11.9. The first-order valence-electron chi connectivity index (χ1n) is 6.10. The van der Waals surface area contributed by atoms with Crippen molar-refractivity contribution < 1.29 is 13.9 Å². The van der Waals surface area contributed by atoms with Gasteiger partial charge in [-0.2, -0.15) is 0 Å². The van der Waals surface area contributed by atoms with E-state index in [1.54, 1.807) is 31.2 Å². The van der Waals surface area contributed by atoms with Crippen LogP contribution >= 0.6 is 0 Å². The maximum absolute atomic E-state index is 13.9. The summed E-state index contributed by atoms with van der Waals surface area (Å²) in [4.78, 5) is 11.3. The predicted octanol–water partition coefficient (Wildman–Crippen LogP) is 2.74. The van der Waals surface area contributed by atoms with E-state index in [1.807, 2.05) is 0 Å². The molecule has 2 aromatic carbocycles. The minimum absolute atomic E-state index is 0.0168. The Bertz CT molecular complexity index is 642. The molecule has 0 aliphatic carbocycles. The summed E-state index contributed by atoms with van der Waals surface area (Å²) in [5, 5.41) is 0. The molecule has 104 valence electrons. The summed E-state index contributed by atoms with van der Waals surface area (Å²) < 4.78 is 19.4. The summed E-state index contributed by atoms with van der Waals surface area (Å²) in [5.74, 6) is -0.942. The molecule has 0 bridgehead atoms. The van der Waals surface area contributed by atoms with E-state index >= 15 is 0 Å². The number of amides is 1. The van der Waals surface area contributed by atoms with Crippen molar-refractivity contribution in [3.8, 4) is 11.5 Å². The van der Waals surface area contributed by atoms with Gasteiger partial charge in [0, 0.05) is 6.04 Å². The molecule has 1 unspecified atom stereocenters. The van der Waals surface area contributed by atoms with Crippen LogP contribution in [0.1, 0.15) is 28.9 Å². The van der Waals surface area contributed by atoms with Gasteiger partial charge in [-0.25, -0.2) is 4.39 Å². The lowest BCUT2D eigenvalue weighted by molar-refractivity contribution is 0.0998. The van der Waals surface area contributed by atoms with Crippen molar-refractivity contribution in [2.75, 3.05) is 0 Å². The molecule has 0 aliphatic rings. The fourth-order valence-corrected chi connectivity index (χ4v) is 1.76. The van der Waals surface area contributed by atoms with Gasteiger partial charge in [0.2, 0.25) is 0 Å². The third kappa shape index (κ3) is 2.95. The lowest BCUT2D eigenvalue weighted by Crippen LogP contribution is -2.12. The van der Waals surface area contributed by atoms with Gasteiger partial charge in [0.25, 0.3) is 5.91 Å². The molecular formula is C15H15FN2O2. The Labute approximate surface area is 116 Å². The first-order valence-corrected chi connectivity index (χ1v) is 6.10. The fourth-order valence-electron chi connectivity index (χ4n) is 1.76. The van der Waals surface area contributed by atoms with Gasteiger partial charge in [0.05, 0.1) is 5.56 Å². The molecular weight excluding hydrogens is 259 g/mol. The molecule has 0 fully saturated rings. The first kappa shape index (κ1) is 14.0. The SMILES string of the molecule is CC(N)c1ccc(Oc2ccccc2C(N)=O)c(F)c1. The summed E-state index contributed by atoms with van der Waals surface area (Å²) in [5.41, 5.74) is 11.8. The highest BCUT2D eigenvalue weighted by molar-refractivity contribution is 5.95. The molecule has 0 heterocycles. The minimum atomic E-state index is -0.631. The highest BCUT2D eigenvalue weighted by Gasteiger charge is 2.12. The summed E-state index contributed by atoms with van der Waals surface area (Å²) in [6, 6.07) is 10.6. The Kier molecular flexibility index (Phi) is 4.00. The topological polar surface area (TPSA) is 78.3 Å². The molecule has 0 spiro atoms. The van der Waals surface area contributed by atoms with Gasteiger partial charge in [-0.1, -0.05) is 18.2 Å². The number of para-hydroxylation sites is 1. The second-order valence-corrected chi connectivity index (χ2v) is 4.44.